The lowest BCUT2D eigenvalue weighted by molar-refractivity contribution is 0.473. The van der Waals surface area contributed by atoms with Crippen LogP contribution in [0.3, 0.4) is 0 Å². The van der Waals surface area contributed by atoms with Crippen LogP contribution >= 0.6 is 0 Å². The minimum Gasteiger partial charge on any atom is -0.354 e. The third-order valence-electron chi connectivity index (χ3n) is 5.78. The molecule has 1 atom stereocenters. The van der Waals surface area contributed by atoms with Crippen LogP contribution in [0.5, 0.6) is 0 Å². The molecule has 0 amide bonds. The number of rotatable bonds is 9. The first kappa shape index (κ1) is 24.3. The standard InChI is InChI=1S/C28H30FN5O/c1-19(2)32-24(17-20-7-5-4-6-8-20)18-31-28-33-26(22-13-15-30-16-14-22)25(27(35)34(28)3)21-9-11-23(29)12-10-21/h4-16,19,24,32H,17-18H2,1-3H3,(H,31,33)/t24-/m0/s1. The predicted molar refractivity (Wildman–Crippen MR) is 139 cm³/mol. The zero-order valence-corrected chi connectivity index (χ0v) is 20.2. The summed E-state index contributed by atoms with van der Waals surface area (Å²) in [6.45, 7) is 4.81. The Hall–Kier alpha value is -3.84. The molecule has 0 saturated carbocycles. The van der Waals surface area contributed by atoms with Gasteiger partial charge in [0.05, 0.1) is 11.3 Å². The molecule has 0 fully saturated rings. The van der Waals surface area contributed by atoms with Gasteiger partial charge in [-0.05, 0) is 41.8 Å². The first-order chi connectivity index (χ1) is 16.9. The SMILES string of the molecule is CC(C)N[C@H](CNc1nc(-c2ccncc2)c(-c2ccc(F)cc2)c(=O)n1C)Cc1ccccc1. The molecule has 0 unspecified atom stereocenters. The van der Waals surface area contributed by atoms with Gasteiger partial charge in [-0.2, -0.15) is 0 Å². The number of nitrogens with zero attached hydrogens (tertiary/aromatic N) is 3. The maximum absolute atomic E-state index is 13.6. The molecular formula is C28H30FN5O. The largest absolute Gasteiger partial charge is 0.354 e. The van der Waals surface area contributed by atoms with Crippen molar-refractivity contribution in [3.63, 3.8) is 0 Å². The van der Waals surface area contributed by atoms with Crippen LogP contribution in [0.25, 0.3) is 22.4 Å². The van der Waals surface area contributed by atoms with Crippen LogP contribution in [0.15, 0.2) is 83.9 Å². The Morgan fingerprint density at radius 2 is 1.63 bits per heavy atom. The lowest BCUT2D eigenvalue weighted by Crippen LogP contribution is -2.42. The van der Waals surface area contributed by atoms with Crippen LogP contribution in [-0.2, 0) is 13.5 Å². The summed E-state index contributed by atoms with van der Waals surface area (Å²) < 4.78 is 15.1. The van der Waals surface area contributed by atoms with Crippen molar-refractivity contribution < 1.29 is 4.39 Å². The molecule has 0 aliphatic carbocycles. The van der Waals surface area contributed by atoms with Gasteiger partial charge in [-0.25, -0.2) is 9.37 Å². The topological polar surface area (TPSA) is 71.8 Å². The molecule has 7 heteroatoms. The van der Waals surface area contributed by atoms with Gasteiger partial charge in [0, 0.05) is 43.6 Å². The summed E-state index contributed by atoms with van der Waals surface area (Å²) in [7, 11) is 1.70. The van der Waals surface area contributed by atoms with Crippen molar-refractivity contribution >= 4 is 5.95 Å². The van der Waals surface area contributed by atoms with E-state index in [1.54, 1.807) is 31.6 Å². The summed E-state index contributed by atoms with van der Waals surface area (Å²) in [5.41, 5.74) is 3.35. The average Bonchev–Trinajstić information content (AvgIpc) is 2.86. The molecular weight excluding hydrogens is 441 g/mol. The third-order valence-corrected chi connectivity index (χ3v) is 5.78. The van der Waals surface area contributed by atoms with E-state index in [2.05, 4.69) is 41.6 Å². The summed E-state index contributed by atoms with van der Waals surface area (Å²) in [4.78, 5) is 22.5. The number of halogens is 1. The molecule has 0 spiro atoms. The molecule has 2 heterocycles. The Balaban J connectivity index is 1.70. The third kappa shape index (κ3) is 6.00. The van der Waals surface area contributed by atoms with Gasteiger partial charge in [-0.1, -0.05) is 56.3 Å². The molecule has 0 saturated heterocycles. The van der Waals surface area contributed by atoms with Crippen LogP contribution in [0.4, 0.5) is 10.3 Å². The van der Waals surface area contributed by atoms with Crippen LogP contribution in [0.2, 0.25) is 0 Å². The normalized spacial score (nSPS) is 12.0. The summed E-state index contributed by atoms with van der Waals surface area (Å²) in [5.74, 6) is 0.112. The van der Waals surface area contributed by atoms with E-state index in [1.165, 1.54) is 22.3 Å². The summed E-state index contributed by atoms with van der Waals surface area (Å²) in [5, 5.41) is 6.99. The van der Waals surface area contributed by atoms with E-state index >= 15 is 0 Å². The van der Waals surface area contributed by atoms with Gasteiger partial charge in [-0.15, -0.1) is 0 Å². The Kier molecular flexibility index (Phi) is 7.67. The second-order valence-corrected chi connectivity index (χ2v) is 8.85. The minimum atomic E-state index is -0.357. The lowest BCUT2D eigenvalue weighted by atomic mass is 10.0. The smallest absolute Gasteiger partial charge is 0.263 e. The van der Waals surface area contributed by atoms with Crippen LogP contribution in [-0.4, -0.2) is 33.2 Å². The highest BCUT2D eigenvalue weighted by Gasteiger charge is 2.19. The van der Waals surface area contributed by atoms with Gasteiger partial charge in [0.15, 0.2) is 0 Å². The average molecular weight is 472 g/mol. The maximum atomic E-state index is 13.6. The number of anilines is 1. The number of hydrogen-bond donors (Lipinski definition) is 2. The van der Waals surface area contributed by atoms with E-state index in [1.807, 2.05) is 30.3 Å². The molecule has 2 N–H and O–H groups in total. The summed E-state index contributed by atoms with van der Waals surface area (Å²) in [6, 6.07) is 20.3. The molecule has 2 aromatic heterocycles. The zero-order valence-electron chi connectivity index (χ0n) is 20.2. The number of aromatic nitrogens is 3. The van der Waals surface area contributed by atoms with E-state index in [0.29, 0.717) is 35.4 Å². The highest BCUT2D eigenvalue weighted by Crippen LogP contribution is 2.28. The summed E-state index contributed by atoms with van der Waals surface area (Å²) >= 11 is 0. The molecule has 4 rings (SSSR count). The fourth-order valence-corrected chi connectivity index (χ4v) is 4.13. The molecule has 0 radical (unpaired) electrons. The molecule has 0 aliphatic heterocycles. The molecule has 180 valence electrons. The highest BCUT2D eigenvalue weighted by molar-refractivity contribution is 5.80. The quantitative estimate of drug-likeness (QED) is 0.371. The first-order valence-electron chi connectivity index (χ1n) is 11.7. The second kappa shape index (κ2) is 11.1. The Bertz CT molecular complexity index is 1310. The van der Waals surface area contributed by atoms with Gasteiger partial charge >= 0.3 is 0 Å². The van der Waals surface area contributed by atoms with Crippen LogP contribution in [0, 0.1) is 5.82 Å². The van der Waals surface area contributed by atoms with E-state index < -0.39 is 0 Å². The molecule has 6 nitrogen and oxygen atoms in total. The maximum Gasteiger partial charge on any atom is 0.263 e. The molecule has 35 heavy (non-hydrogen) atoms. The minimum absolute atomic E-state index is 0.135. The van der Waals surface area contributed by atoms with Crippen LogP contribution < -0.4 is 16.2 Å². The van der Waals surface area contributed by atoms with E-state index in [0.717, 1.165) is 12.0 Å². The second-order valence-electron chi connectivity index (χ2n) is 8.85. The lowest BCUT2D eigenvalue weighted by Gasteiger charge is -2.23. The van der Waals surface area contributed by atoms with E-state index in [4.69, 9.17) is 4.98 Å². The van der Waals surface area contributed by atoms with Gasteiger partial charge in [0.25, 0.3) is 5.56 Å². The van der Waals surface area contributed by atoms with Crippen molar-refractivity contribution in [3.8, 4) is 22.4 Å². The summed E-state index contributed by atoms with van der Waals surface area (Å²) in [6.07, 6.45) is 4.17. The number of nitrogens with one attached hydrogen (secondary N) is 2. The van der Waals surface area contributed by atoms with Gasteiger partial charge in [0.1, 0.15) is 5.82 Å². The Morgan fingerprint density at radius 1 is 0.943 bits per heavy atom. The molecule has 0 aliphatic rings. The van der Waals surface area contributed by atoms with Gasteiger partial charge < -0.3 is 10.6 Å². The van der Waals surface area contributed by atoms with Gasteiger partial charge in [-0.3, -0.25) is 14.3 Å². The van der Waals surface area contributed by atoms with Crippen molar-refractivity contribution in [2.75, 3.05) is 11.9 Å². The van der Waals surface area contributed by atoms with Crippen molar-refractivity contribution in [2.45, 2.75) is 32.4 Å². The first-order valence-corrected chi connectivity index (χ1v) is 11.7. The fraction of sp³-hybridized carbons (Fsp3) is 0.250. The molecule has 2 aromatic carbocycles. The number of hydrogen-bond acceptors (Lipinski definition) is 5. The molecule has 4 aromatic rings. The van der Waals surface area contributed by atoms with Gasteiger partial charge in [0.2, 0.25) is 5.95 Å². The van der Waals surface area contributed by atoms with E-state index in [-0.39, 0.29) is 17.4 Å². The number of benzene rings is 2. The highest BCUT2D eigenvalue weighted by atomic mass is 19.1. The van der Waals surface area contributed by atoms with Crippen molar-refractivity contribution in [2.24, 2.45) is 7.05 Å². The van der Waals surface area contributed by atoms with Crippen molar-refractivity contribution in [3.05, 3.63) is 101 Å². The number of pyridine rings is 1. The van der Waals surface area contributed by atoms with Crippen LogP contribution in [0.1, 0.15) is 19.4 Å². The monoisotopic (exact) mass is 471 g/mol. The predicted octanol–water partition coefficient (Wildman–Crippen LogP) is 4.67. The Labute approximate surface area is 204 Å². The van der Waals surface area contributed by atoms with Crippen molar-refractivity contribution in [1.82, 2.24) is 19.9 Å². The zero-order chi connectivity index (χ0) is 24.8. The van der Waals surface area contributed by atoms with E-state index in [9.17, 15) is 9.18 Å². The molecule has 0 bridgehead atoms. The fourth-order valence-electron chi connectivity index (χ4n) is 4.13. The van der Waals surface area contributed by atoms with Crippen molar-refractivity contribution in [1.29, 1.82) is 0 Å². The Morgan fingerprint density at radius 3 is 2.29 bits per heavy atom.